The van der Waals surface area contributed by atoms with Gasteiger partial charge in [-0.25, -0.2) is 0 Å². The minimum atomic E-state index is 0.122. The zero-order chi connectivity index (χ0) is 15.7. The number of carbonyl (C=O) groups excluding carboxylic acids is 1. The molecule has 1 aliphatic rings. The SMILES string of the molecule is C[C@H]1c2cccn2CCN1C(=O)c1ccc(CN(C)C)cc1. The van der Waals surface area contributed by atoms with Crippen molar-refractivity contribution in [2.75, 3.05) is 20.6 Å². The van der Waals surface area contributed by atoms with Gasteiger partial charge in [-0.15, -0.1) is 0 Å². The first-order chi connectivity index (χ1) is 10.6. The van der Waals surface area contributed by atoms with Gasteiger partial charge in [-0.05, 0) is 50.8 Å². The number of fused-ring (bicyclic) bond motifs is 1. The van der Waals surface area contributed by atoms with E-state index in [9.17, 15) is 4.79 Å². The second-order valence-corrected chi connectivity index (χ2v) is 6.24. The van der Waals surface area contributed by atoms with E-state index >= 15 is 0 Å². The van der Waals surface area contributed by atoms with Crippen molar-refractivity contribution in [1.82, 2.24) is 14.4 Å². The van der Waals surface area contributed by atoms with Crippen molar-refractivity contribution in [1.29, 1.82) is 0 Å². The van der Waals surface area contributed by atoms with Crippen molar-refractivity contribution in [2.45, 2.75) is 26.1 Å². The van der Waals surface area contributed by atoms with Crippen LogP contribution in [0, 0.1) is 0 Å². The van der Waals surface area contributed by atoms with Gasteiger partial charge >= 0.3 is 0 Å². The molecule has 4 heteroatoms. The molecule has 4 nitrogen and oxygen atoms in total. The van der Waals surface area contributed by atoms with Gasteiger partial charge in [0.2, 0.25) is 0 Å². The summed E-state index contributed by atoms with van der Waals surface area (Å²) in [7, 11) is 4.09. The zero-order valence-electron chi connectivity index (χ0n) is 13.5. The quantitative estimate of drug-likeness (QED) is 0.871. The standard InChI is InChI=1S/C18H23N3O/c1-14-17-5-4-10-20(17)11-12-21(14)18(22)16-8-6-15(7-9-16)13-19(2)3/h4-10,14H,11-13H2,1-3H3/t14-/m0/s1. The van der Waals surface area contributed by atoms with Gasteiger partial charge in [-0.1, -0.05) is 12.1 Å². The van der Waals surface area contributed by atoms with E-state index in [1.54, 1.807) is 0 Å². The molecule has 22 heavy (non-hydrogen) atoms. The van der Waals surface area contributed by atoms with Crippen LogP contribution in [0.25, 0.3) is 0 Å². The molecule has 116 valence electrons. The Balaban J connectivity index is 1.77. The summed E-state index contributed by atoms with van der Waals surface area (Å²) in [5, 5.41) is 0. The fourth-order valence-electron chi connectivity index (χ4n) is 3.14. The molecule has 0 bridgehead atoms. The molecule has 1 aliphatic heterocycles. The minimum Gasteiger partial charge on any atom is -0.348 e. The summed E-state index contributed by atoms with van der Waals surface area (Å²) in [4.78, 5) is 16.9. The lowest BCUT2D eigenvalue weighted by molar-refractivity contribution is 0.0644. The molecular formula is C18H23N3O. The molecule has 1 aromatic carbocycles. The van der Waals surface area contributed by atoms with Crippen LogP contribution in [0.2, 0.25) is 0 Å². The molecule has 3 rings (SSSR count). The first-order valence-electron chi connectivity index (χ1n) is 7.76. The van der Waals surface area contributed by atoms with Crippen molar-refractivity contribution < 1.29 is 4.79 Å². The lowest BCUT2D eigenvalue weighted by atomic mass is 10.1. The summed E-state index contributed by atoms with van der Waals surface area (Å²) >= 11 is 0. The van der Waals surface area contributed by atoms with Crippen LogP contribution in [0.5, 0.6) is 0 Å². The Hall–Kier alpha value is -2.07. The Morgan fingerprint density at radius 3 is 2.59 bits per heavy atom. The molecule has 1 aromatic heterocycles. The average Bonchev–Trinajstić information content (AvgIpc) is 2.96. The summed E-state index contributed by atoms with van der Waals surface area (Å²) < 4.78 is 2.23. The van der Waals surface area contributed by atoms with Crippen LogP contribution < -0.4 is 0 Å². The number of hydrogen-bond donors (Lipinski definition) is 0. The van der Waals surface area contributed by atoms with Crippen LogP contribution in [-0.4, -0.2) is 40.9 Å². The third-order valence-electron chi connectivity index (χ3n) is 4.30. The van der Waals surface area contributed by atoms with Gasteiger partial charge in [-0.3, -0.25) is 4.79 Å². The van der Waals surface area contributed by atoms with E-state index in [0.29, 0.717) is 0 Å². The average molecular weight is 297 g/mol. The number of amides is 1. The molecule has 2 heterocycles. The van der Waals surface area contributed by atoms with E-state index in [1.807, 2.05) is 43.3 Å². The van der Waals surface area contributed by atoms with E-state index < -0.39 is 0 Å². The first-order valence-corrected chi connectivity index (χ1v) is 7.76. The Kier molecular flexibility index (Phi) is 4.03. The van der Waals surface area contributed by atoms with Crippen molar-refractivity contribution in [3.05, 3.63) is 59.4 Å². The minimum absolute atomic E-state index is 0.122. The van der Waals surface area contributed by atoms with Crippen LogP contribution in [0.15, 0.2) is 42.6 Å². The summed E-state index contributed by atoms with van der Waals surface area (Å²) in [6.07, 6.45) is 2.09. The van der Waals surface area contributed by atoms with E-state index in [4.69, 9.17) is 0 Å². The van der Waals surface area contributed by atoms with Gasteiger partial charge in [0.15, 0.2) is 0 Å². The largest absolute Gasteiger partial charge is 0.348 e. The number of nitrogens with zero attached hydrogens (tertiary/aromatic N) is 3. The van der Waals surface area contributed by atoms with Crippen molar-refractivity contribution in [3.8, 4) is 0 Å². The molecule has 0 radical (unpaired) electrons. The number of carbonyl (C=O) groups is 1. The zero-order valence-corrected chi connectivity index (χ0v) is 13.5. The normalized spacial score (nSPS) is 17.6. The summed E-state index contributed by atoms with van der Waals surface area (Å²) in [5.74, 6) is 0.122. The van der Waals surface area contributed by atoms with Crippen molar-refractivity contribution >= 4 is 5.91 Å². The highest BCUT2D eigenvalue weighted by Crippen LogP contribution is 2.26. The third-order valence-corrected chi connectivity index (χ3v) is 4.30. The van der Waals surface area contributed by atoms with E-state index in [0.717, 1.165) is 25.2 Å². The Morgan fingerprint density at radius 1 is 1.18 bits per heavy atom. The molecule has 0 spiro atoms. The second kappa shape index (κ2) is 5.97. The number of hydrogen-bond acceptors (Lipinski definition) is 2. The monoisotopic (exact) mass is 297 g/mol. The first kappa shape index (κ1) is 14.9. The second-order valence-electron chi connectivity index (χ2n) is 6.24. The van der Waals surface area contributed by atoms with Crippen molar-refractivity contribution in [2.24, 2.45) is 0 Å². The molecule has 0 saturated heterocycles. The van der Waals surface area contributed by atoms with Gasteiger partial charge in [0.1, 0.15) is 0 Å². The maximum absolute atomic E-state index is 12.8. The Labute approximate surface area is 132 Å². The lowest BCUT2D eigenvalue weighted by Gasteiger charge is -2.35. The third kappa shape index (κ3) is 2.79. The van der Waals surface area contributed by atoms with Crippen LogP contribution in [0.4, 0.5) is 0 Å². The molecule has 0 unspecified atom stereocenters. The number of rotatable bonds is 3. The highest BCUT2D eigenvalue weighted by molar-refractivity contribution is 5.94. The van der Waals surface area contributed by atoms with Crippen LogP contribution >= 0.6 is 0 Å². The molecule has 0 aliphatic carbocycles. The molecule has 0 fully saturated rings. The molecule has 0 N–H and O–H groups in total. The molecular weight excluding hydrogens is 274 g/mol. The highest BCUT2D eigenvalue weighted by atomic mass is 16.2. The topological polar surface area (TPSA) is 28.5 Å². The Bertz CT molecular complexity index is 657. The van der Waals surface area contributed by atoms with E-state index in [2.05, 4.69) is 34.7 Å². The molecule has 1 atom stereocenters. The molecule has 0 saturated carbocycles. The fraction of sp³-hybridized carbons (Fsp3) is 0.389. The van der Waals surface area contributed by atoms with Crippen LogP contribution in [0.3, 0.4) is 0 Å². The van der Waals surface area contributed by atoms with Crippen molar-refractivity contribution in [3.63, 3.8) is 0 Å². The van der Waals surface area contributed by atoms with E-state index in [-0.39, 0.29) is 11.9 Å². The predicted octanol–water partition coefficient (Wildman–Crippen LogP) is 2.77. The maximum Gasteiger partial charge on any atom is 0.254 e. The van der Waals surface area contributed by atoms with Gasteiger partial charge < -0.3 is 14.4 Å². The molecule has 2 aromatic rings. The van der Waals surface area contributed by atoms with E-state index in [1.165, 1.54) is 11.3 Å². The summed E-state index contributed by atoms with van der Waals surface area (Å²) in [6.45, 7) is 4.63. The van der Waals surface area contributed by atoms with Gasteiger partial charge in [0, 0.05) is 37.1 Å². The van der Waals surface area contributed by atoms with Crippen LogP contribution in [0.1, 0.15) is 34.6 Å². The number of aromatic nitrogens is 1. The predicted molar refractivity (Wildman–Crippen MR) is 87.7 cm³/mol. The fourth-order valence-corrected chi connectivity index (χ4v) is 3.14. The lowest BCUT2D eigenvalue weighted by Crippen LogP contribution is -2.40. The summed E-state index contributed by atoms with van der Waals surface area (Å²) in [6, 6.07) is 12.3. The van der Waals surface area contributed by atoms with Gasteiger partial charge in [0.25, 0.3) is 5.91 Å². The van der Waals surface area contributed by atoms with Gasteiger partial charge in [-0.2, -0.15) is 0 Å². The smallest absolute Gasteiger partial charge is 0.254 e. The van der Waals surface area contributed by atoms with Gasteiger partial charge in [0.05, 0.1) is 6.04 Å². The summed E-state index contributed by atoms with van der Waals surface area (Å²) in [5.41, 5.74) is 3.21. The Morgan fingerprint density at radius 2 is 1.91 bits per heavy atom. The van der Waals surface area contributed by atoms with Crippen LogP contribution in [-0.2, 0) is 13.1 Å². The highest BCUT2D eigenvalue weighted by Gasteiger charge is 2.27. The maximum atomic E-state index is 12.8. The number of benzene rings is 1. The molecule has 1 amide bonds.